The van der Waals surface area contributed by atoms with E-state index in [2.05, 4.69) is 10.4 Å². The summed E-state index contributed by atoms with van der Waals surface area (Å²) in [7, 11) is 1.87. The monoisotopic (exact) mass is 300 g/mol. The molecule has 6 heteroatoms. The van der Waals surface area contributed by atoms with E-state index in [9.17, 15) is 4.79 Å². The lowest BCUT2D eigenvalue weighted by Crippen LogP contribution is -2.36. The minimum Gasteiger partial charge on any atom is -0.472 e. The number of furan rings is 1. The third-order valence-electron chi connectivity index (χ3n) is 4.31. The molecule has 2 heterocycles. The van der Waals surface area contributed by atoms with E-state index < -0.39 is 0 Å². The Morgan fingerprint density at radius 2 is 2.27 bits per heavy atom. The van der Waals surface area contributed by atoms with Crippen molar-refractivity contribution in [3.05, 3.63) is 35.9 Å². The van der Waals surface area contributed by atoms with Gasteiger partial charge >= 0.3 is 6.03 Å². The predicted octanol–water partition coefficient (Wildman–Crippen LogP) is 3.09. The van der Waals surface area contributed by atoms with Gasteiger partial charge in [0.1, 0.15) is 5.82 Å². The number of aryl methyl sites for hydroxylation is 1. The highest BCUT2D eigenvalue weighted by atomic mass is 16.3. The highest BCUT2D eigenvalue weighted by Gasteiger charge is 2.33. The van der Waals surface area contributed by atoms with Crippen molar-refractivity contribution in [3.8, 4) is 0 Å². The normalized spacial score (nSPS) is 17.5. The Hall–Kier alpha value is -2.24. The van der Waals surface area contributed by atoms with Gasteiger partial charge in [-0.15, -0.1) is 0 Å². The van der Waals surface area contributed by atoms with Crippen molar-refractivity contribution in [2.45, 2.75) is 44.2 Å². The molecule has 2 saturated carbocycles. The first kappa shape index (κ1) is 13.4. The standard InChI is InChI=1S/C16H20N4O2/c1-19-15(8-14(18-19)12-2-3-12)17-16(21)20(13-4-5-13)9-11-6-7-22-10-11/h6-8,10,12-13H,2-5,9H2,1H3,(H,17,21). The summed E-state index contributed by atoms with van der Waals surface area (Å²) in [5, 5.41) is 7.49. The molecule has 0 aliphatic heterocycles. The number of anilines is 1. The molecular formula is C16H20N4O2. The smallest absolute Gasteiger partial charge is 0.323 e. The number of hydrogen-bond donors (Lipinski definition) is 1. The Kier molecular flexibility index (Phi) is 3.17. The van der Waals surface area contributed by atoms with Crippen molar-refractivity contribution in [1.82, 2.24) is 14.7 Å². The molecule has 0 unspecified atom stereocenters. The van der Waals surface area contributed by atoms with Crippen LogP contribution >= 0.6 is 0 Å². The molecule has 22 heavy (non-hydrogen) atoms. The van der Waals surface area contributed by atoms with E-state index in [-0.39, 0.29) is 6.03 Å². The summed E-state index contributed by atoms with van der Waals surface area (Å²) in [6.45, 7) is 0.584. The maximum absolute atomic E-state index is 12.6. The number of aromatic nitrogens is 2. The number of nitrogens with one attached hydrogen (secondary N) is 1. The molecule has 0 atom stereocenters. The van der Waals surface area contributed by atoms with Crippen molar-refractivity contribution in [3.63, 3.8) is 0 Å². The molecule has 2 fully saturated rings. The fourth-order valence-corrected chi connectivity index (χ4v) is 2.70. The first-order valence-corrected chi connectivity index (χ1v) is 7.83. The lowest BCUT2D eigenvalue weighted by Gasteiger charge is -2.22. The summed E-state index contributed by atoms with van der Waals surface area (Å²) in [6.07, 6.45) is 7.89. The van der Waals surface area contributed by atoms with Gasteiger partial charge in [-0.05, 0) is 31.7 Å². The molecule has 116 valence electrons. The number of nitrogens with zero attached hydrogens (tertiary/aromatic N) is 3. The van der Waals surface area contributed by atoms with Gasteiger partial charge < -0.3 is 9.32 Å². The molecule has 2 aromatic heterocycles. The predicted molar refractivity (Wildman–Crippen MR) is 81.5 cm³/mol. The minimum atomic E-state index is -0.0611. The van der Waals surface area contributed by atoms with Crippen LogP contribution in [0, 0.1) is 0 Å². The number of hydrogen-bond acceptors (Lipinski definition) is 3. The maximum atomic E-state index is 12.6. The zero-order valence-corrected chi connectivity index (χ0v) is 12.7. The van der Waals surface area contributed by atoms with Crippen LogP contribution in [-0.4, -0.2) is 26.8 Å². The second kappa shape index (κ2) is 5.19. The molecule has 0 saturated heterocycles. The Bertz CT molecular complexity index is 668. The maximum Gasteiger partial charge on any atom is 0.323 e. The second-order valence-corrected chi connectivity index (χ2v) is 6.27. The van der Waals surface area contributed by atoms with Crippen LogP contribution in [-0.2, 0) is 13.6 Å². The number of carbonyl (C=O) groups is 1. The molecular weight excluding hydrogens is 280 g/mol. The quantitative estimate of drug-likeness (QED) is 0.923. The fraction of sp³-hybridized carbons (Fsp3) is 0.500. The van der Waals surface area contributed by atoms with Crippen molar-refractivity contribution < 1.29 is 9.21 Å². The van der Waals surface area contributed by atoms with Gasteiger partial charge in [0, 0.05) is 30.6 Å². The van der Waals surface area contributed by atoms with Gasteiger partial charge in [-0.3, -0.25) is 10.00 Å². The van der Waals surface area contributed by atoms with Gasteiger partial charge in [-0.25, -0.2) is 4.79 Å². The van der Waals surface area contributed by atoms with E-state index >= 15 is 0 Å². The Balaban J connectivity index is 1.47. The molecule has 2 amide bonds. The Morgan fingerprint density at radius 1 is 1.45 bits per heavy atom. The number of urea groups is 1. The lowest BCUT2D eigenvalue weighted by atomic mass is 10.3. The van der Waals surface area contributed by atoms with Crippen LogP contribution in [0.1, 0.15) is 42.9 Å². The summed E-state index contributed by atoms with van der Waals surface area (Å²) in [5.41, 5.74) is 2.11. The summed E-state index contributed by atoms with van der Waals surface area (Å²) >= 11 is 0. The van der Waals surface area contributed by atoms with Crippen molar-refractivity contribution in [1.29, 1.82) is 0 Å². The van der Waals surface area contributed by atoms with Crippen LogP contribution in [0.2, 0.25) is 0 Å². The average Bonchev–Trinajstić information content (AvgIpc) is 3.42. The molecule has 1 N–H and O–H groups in total. The first-order valence-electron chi connectivity index (χ1n) is 7.83. The zero-order valence-electron chi connectivity index (χ0n) is 12.7. The lowest BCUT2D eigenvalue weighted by molar-refractivity contribution is 0.206. The third-order valence-corrected chi connectivity index (χ3v) is 4.31. The molecule has 2 aliphatic rings. The topological polar surface area (TPSA) is 63.3 Å². The van der Waals surface area contributed by atoms with E-state index in [0.717, 1.165) is 29.9 Å². The molecule has 4 rings (SSSR count). The summed E-state index contributed by atoms with van der Waals surface area (Å²) in [5.74, 6) is 1.35. The highest BCUT2D eigenvalue weighted by Crippen LogP contribution is 2.40. The fourth-order valence-electron chi connectivity index (χ4n) is 2.70. The molecule has 0 aromatic carbocycles. The van der Waals surface area contributed by atoms with Crippen LogP contribution in [0.5, 0.6) is 0 Å². The minimum absolute atomic E-state index is 0.0611. The molecule has 2 aromatic rings. The van der Waals surface area contributed by atoms with E-state index in [1.54, 1.807) is 17.2 Å². The zero-order chi connectivity index (χ0) is 15.1. The van der Waals surface area contributed by atoms with E-state index in [4.69, 9.17) is 4.42 Å². The van der Waals surface area contributed by atoms with Gasteiger partial charge in [-0.2, -0.15) is 5.10 Å². The average molecular weight is 300 g/mol. The molecule has 0 bridgehead atoms. The number of amides is 2. The Labute approximate surface area is 129 Å². The van der Waals surface area contributed by atoms with Crippen molar-refractivity contribution in [2.75, 3.05) is 5.32 Å². The molecule has 6 nitrogen and oxygen atoms in total. The van der Waals surface area contributed by atoms with Gasteiger partial charge in [0.05, 0.1) is 24.8 Å². The second-order valence-electron chi connectivity index (χ2n) is 6.27. The van der Waals surface area contributed by atoms with Crippen LogP contribution in [0.25, 0.3) is 0 Å². The van der Waals surface area contributed by atoms with Crippen LogP contribution in [0.15, 0.2) is 29.1 Å². The summed E-state index contributed by atoms with van der Waals surface area (Å²) in [4.78, 5) is 14.5. The number of rotatable bonds is 5. The highest BCUT2D eigenvalue weighted by molar-refractivity contribution is 5.89. The van der Waals surface area contributed by atoms with Crippen molar-refractivity contribution in [2.24, 2.45) is 7.05 Å². The van der Waals surface area contributed by atoms with Gasteiger partial charge in [0.2, 0.25) is 0 Å². The Morgan fingerprint density at radius 3 is 2.91 bits per heavy atom. The summed E-state index contributed by atoms with van der Waals surface area (Å²) < 4.78 is 6.86. The van der Waals surface area contributed by atoms with Crippen LogP contribution in [0.4, 0.5) is 10.6 Å². The first-order chi connectivity index (χ1) is 10.7. The SMILES string of the molecule is Cn1nc(C2CC2)cc1NC(=O)N(Cc1ccoc1)C1CC1. The van der Waals surface area contributed by atoms with Gasteiger partial charge in [-0.1, -0.05) is 0 Å². The third kappa shape index (κ3) is 2.73. The van der Waals surface area contributed by atoms with Gasteiger partial charge in [0.15, 0.2) is 0 Å². The van der Waals surface area contributed by atoms with E-state index in [1.807, 2.05) is 24.1 Å². The number of carbonyl (C=O) groups excluding carboxylic acids is 1. The molecule has 0 radical (unpaired) electrons. The molecule has 2 aliphatic carbocycles. The van der Waals surface area contributed by atoms with E-state index in [1.165, 1.54) is 12.8 Å². The molecule has 0 spiro atoms. The van der Waals surface area contributed by atoms with Crippen molar-refractivity contribution >= 4 is 11.8 Å². The largest absolute Gasteiger partial charge is 0.472 e. The van der Waals surface area contributed by atoms with E-state index in [0.29, 0.717) is 18.5 Å². The van der Waals surface area contributed by atoms with Crippen LogP contribution < -0.4 is 5.32 Å². The van der Waals surface area contributed by atoms with Crippen LogP contribution in [0.3, 0.4) is 0 Å². The van der Waals surface area contributed by atoms with Gasteiger partial charge in [0.25, 0.3) is 0 Å². The summed E-state index contributed by atoms with van der Waals surface area (Å²) in [6, 6.07) is 4.18.